The molecule has 1 aliphatic heterocycles. The first-order chi connectivity index (χ1) is 13.6. The van der Waals surface area contributed by atoms with Gasteiger partial charge in [-0.3, -0.25) is 14.8 Å². The molecule has 1 aromatic heterocycles. The Balaban J connectivity index is 2.17. The molecule has 1 amide bonds. The third-order valence-electron chi connectivity index (χ3n) is 4.18. The van der Waals surface area contributed by atoms with Crippen LogP contribution in [0.25, 0.3) is 0 Å². The van der Waals surface area contributed by atoms with Crippen LogP contribution in [0.4, 0.5) is 18.9 Å². The van der Waals surface area contributed by atoms with E-state index in [1.807, 2.05) is 6.92 Å². The molecule has 29 heavy (non-hydrogen) atoms. The van der Waals surface area contributed by atoms with Crippen molar-refractivity contribution in [2.24, 2.45) is 4.99 Å². The van der Waals surface area contributed by atoms with Crippen molar-refractivity contribution in [2.75, 3.05) is 18.4 Å². The van der Waals surface area contributed by atoms with Crippen LogP contribution in [0.5, 0.6) is 0 Å². The van der Waals surface area contributed by atoms with Crippen LogP contribution in [0.15, 0.2) is 71.9 Å². The maximum Gasteiger partial charge on any atom is 0.286 e. The standard InChI is InChI=1S/C21H23F3N4O/c1-5-10-25-19(16-8-11-28(12-9-16)20(29)14(2)22)15(3)27-17-6-7-18(26-13-17)21(4,23)24/h5-8,10,13,27H,2-3,9,11-12H2,1,4H3/b10-5-,25-19?. The number of nitrogens with zero attached hydrogens (tertiary/aromatic N) is 3. The molecule has 1 N–H and O–H groups in total. The normalized spacial score (nSPS) is 15.3. The summed E-state index contributed by atoms with van der Waals surface area (Å²) >= 11 is 0. The summed E-state index contributed by atoms with van der Waals surface area (Å²) in [6.45, 7) is 10.2. The Morgan fingerprint density at radius 3 is 2.59 bits per heavy atom. The smallest absolute Gasteiger partial charge is 0.286 e. The average Bonchev–Trinajstić information content (AvgIpc) is 2.68. The summed E-state index contributed by atoms with van der Waals surface area (Å²) in [5.41, 5.74) is 1.99. The van der Waals surface area contributed by atoms with E-state index in [2.05, 4.69) is 28.5 Å². The Morgan fingerprint density at radius 2 is 2.10 bits per heavy atom. The van der Waals surface area contributed by atoms with Crippen molar-refractivity contribution < 1.29 is 18.0 Å². The molecule has 0 fully saturated rings. The highest BCUT2D eigenvalue weighted by molar-refractivity contribution is 6.14. The van der Waals surface area contributed by atoms with E-state index in [0.717, 1.165) is 12.5 Å². The number of alkyl halides is 2. The molecule has 0 unspecified atom stereocenters. The van der Waals surface area contributed by atoms with E-state index < -0.39 is 17.7 Å². The molecule has 0 saturated carbocycles. The highest BCUT2D eigenvalue weighted by atomic mass is 19.3. The molecule has 8 heteroatoms. The number of pyridine rings is 1. The van der Waals surface area contributed by atoms with Gasteiger partial charge in [-0.2, -0.15) is 8.78 Å². The topological polar surface area (TPSA) is 57.6 Å². The summed E-state index contributed by atoms with van der Waals surface area (Å²) in [5, 5.41) is 3.02. The molecule has 0 saturated heterocycles. The number of allylic oxidation sites excluding steroid dienone is 2. The number of hydrogen-bond acceptors (Lipinski definition) is 4. The van der Waals surface area contributed by atoms with Gasteiger partial charge in [-0.25, -0.2) is 4.39 Å². The number of anilines is 1. The quantitative estimate of drug-likeness (QED) is 0.528. The maximum atomic E-state index is 13.3. The summed E-state index contributed by atoms with van der Waals surface area (Å²) in [7, 11) is 0. The van der Waals surface area contributed by atoms with E-state index in [1.54, 1.807) is 18.4 Å². The van der Waals surface area contributed by atoms with Gasteiger partial charge in [-0.05, 0) is 31.1 Å². The lowest BCUT2D eigenvalue weighted by molar-refractivity contribution is -0.128. The molecule has 5 nitrogen and oxygen atoms in total. The van der Waals surface area contributed by atoms with Crippen molar-refractivity contribution in [3.05, 3.63) is 72.6 Å². The Hall–Kier alpha value is -3.16. The van der Waals surface area contributed by atoms with Gasteiger partial charge in [0, 0.05) is 26.2 Å². The van der Waals surface area contributed by atoms with Crippen LogP contribution >= 0.6 is 0 Å². The van der Waals surface area contributed by atoms with Gasteiger partial charge in [0.05, 0.1) is 23.3 Å². The SMILES string of the molecule is C=C(F)C(=O)N1CC=C(C(=N/C=C\C)C(=C)Nc2ccc(C(C)(F)F)nc2)CC1. The maximum absolute atomic E-state index is 13.3. The van der Waals surface area contributed by atoms with Crippen molar-refractivity contribution >= 4 is 17.3 Å². The average molecular weight is 404 g/mol. The molecule has 0 atom stereocenters. The van der Waals surface area contributed by atoms with Crippen molar-refractivity contribution in [1.29, 1.82) is 0 Å². The number of nitrogens with one attached hydrogen (secondary N) is 1. The van der Waals surface area contributed by atoms with Crippen LogP contribution in [-0.2, 0) is 10.7 Å². The molecule has 0 aliphatic carbocycles. The second-order valence-electron chi connectivity index (χ2n) is 6.52. The number of hydrogen-bond donors (Lipinski definition) is 1. The molecule has 154 valence electrons. The number of halogens is 3. The number of rotatable bonds is 7. The molecule has 0 radical (unpaired) electrons. The van der Waals surface area contributed by atoms with Gasteiger partial charge in [0.15, 0.2) is 5.83 Å². The first-order valence-electron chi connectivity index (χ1n) is 8.96. The molecule has 0 spiro atoms. The van der Waals surface area contributed by atoms with E-state index in [0.29, 0.717) is 30.1 Å². The fourth-order valence-electron chi connectivity index (χ4n) is 2.70. The monoisotopic (exact) mass is 404 g/mol. The second-order valence-corrected chi connectivity index (χ2v) is 6.52. The molecule has 2 rings (SSSR count). The summed E-state index contributed by atoms with van der Waals surface area (Å²) in [4.78, 5) is 21.2. The molecule has 2 heterocycles. The zero-order valence-electron chi connectivity index (χ0n) is 16.4. The number of aromatic nitrogens is 1. The minimum Gasteiger partial charge on any atom is -0.353 e. The Morgan fingerprint density at radius 1 is 1.38 bits per heavy atom. The number of aliphatic imine (C=N–C) groups is 1. The van der Waals surface area contributed by atoms with E-state index in [-0.39, 0.29) is 12.2 Å². The molecule has 1 aromatic rings. The predicted molar refractivity (Wildman–Crippen MR) is 108 cm³/mol. The third kappa shape index (κ3) is 5.91. The van der Waals surface area contributed by atoms with Gasteiger partial charge in [0.2, 0.25) is 0 Å². The van der Waals surface area contributed by atoms with Gasteiger partial charge in [0.1, 0.15) is 5.69 Å². The van der Waals surface area contributed by atoms with Crippen molar-refractivity contribution in [1.82, 2.24) is 9.88 Å². The largest absolute Gasteiger partial charge is 0.353 e. The summed E-state index contributed by atoms with van der Waals surface area (Å²) in [5.74, 6) is -4.75. The molecular formula is C21H23F3N4O. The van der Waals surface area contributed by atoms with Gasteiger partial charge in [-0.1, -0.05) is 25.3 Å². The van der Waals surface area contributed by atoms with Crippen LogP contribution in [0.1, 0.15) is 26.0 Å². The Kier molecular flexibility index (Phi) is 7.14. The lowest BCUT2D eigenvalue weighted by Crippen LogP contribution is -2.36. The van der Waals surface area contributed by atoms with Gasteiger partial charge in [-0.15, -0.1) is 0 Å². The van der Waals surface area contributed by atoms with Gasteiger partial charge >= 0.3 is 0 Å². The van der Waals surface area contributed by atoms with Crippen LogP contribution in [-0.4, -0.2) is 34.6 Å². The van der Waals surface area contributed by atoms with Crippen molar-refractivity contribution in [3.63, 3.8) is 0 Å². The van der Waals surface area contributed by atoms with Crippen LogP contribution in [0.2, 0.25) is 0 Å². The number of carbonyl (C=O) groups excluding carboxylic acids is 1. The highest BCUT2D eigenvalue weighted by Crippen LogP contribution is 2.26. The zero-order chi connectivity index (χ0) is 21.6. The minimum absolute atomic E-state index is 0.223. The first-order valence-corrected chi connectivity index (χ1v) is 8.96. The highest BCUT2D eigenvalue weighted by Gasteiger charge is 2.26. The van der Waals surface area contributed by atoms with Gasteiger partial charge < -0.3 is 10.2 Å². The second kappa shape index (κ2) is 9.36. The van der Waals surface area contributed by atoms with Crippen molar-refractivity contribution in [3.8, 4) is 0 Å². The molecule has 1 aliphatic rings. The Bertz CT molecular complexity index is 880. The lowest BCUT2D eigenvalue weighted by atomic mass is 10.0. The van der Waals surface area contributed by atoms with Crippen molar-refractivity contribution in [2.45, 2.75) is 26.2 Å². The number of carbonyl (C=O) groups is 1. The van der Waals surface area contributed by atoms with Gasteiger partial charge in [0.25, 0.3) is 11.8 Å². The molecule has 0 bridgehead atoms. The fraction of sp³-hybridized carbons (Fsp3) is 0.286. The molecule has 0 aromatic carbocycles. The minimum atomic E-state index is -3.02. The van der Waals surface area contributed by atoms with Crippen LogP contribution in [0.3, 0.4) is 0 Å². The first kappa shape index (κ1) is 22.1. The van der Waals surface area contributed by atoms with Crippen LogP contribution < -0.4 is 5.32 Å². The summed E-state index contributed by atoms with van der Waals surface area (Å²) in [6.07, 6.45) is 6.88. The number of amides is 1. The van der Waals surface area contributed by atoms with E-state index in [4.69, 9.17) is 0 Å². The molecular weight excluding hydrogens is 381 g/mol. The van der Waals surface area contributed by atoms with E-state index >= 15 is 0 Å². The summed E-state index contributed by atoms with van der Waals surface area (Å²) < 4.78 is 39.7. The zero-order valence-corrected chi connectivity index (χ0v) is 16.4. The third-order valence-corrected chi connectivity index (χ3v) is 4.18. The van der Waals surface area contributed by atoms with Crippen LogP contribution in [0, 0.1) is 0 Å². The lowest BCUT2D eigenvalue weighted by Gasteiger charge is -2.27. The van der Waals surface area contributed by atoms with E-state index in [1.165, 1.54) is 23.2 Å². The Labute approximate surface area is 168 Å². The predicted octanol–water partition coefficient (Wildman–Crippen LogP) is 4.74. The summed E-state index contributed by atoms with van der Waals surface area (Å²) in [6, 6.07) is 2.73. The fourth-order valence-corrected chi connectivity index (χ4v) is 2.70. The van der Waals surface area contributed by atoms with E-state index in [9.17, 15) is 18.0 Å².